The van der Waals surface area contributed by atoms with Crippen LogP contribution in [-0.4, -0.2) is 18.2 Å². The molecule has 1 saturated heterocycles. The quantitative estimate of drug-likeness (QED) is 0.798. The third-order valence-electron chi connectivity index (χ3n) is 2.89. The average Bonchev–Trinajstić information content (AvgIpc) is 2.23. The SMILES string of the molecule is OC1(c2ccc(Cl)c(Cl)c2)CCNCC1. The van der Waals surface area contributed by atoms with Gasteiger partial charge in [0.25, 0.3) is 0 Å². The molecule has 0 aliphatic carbocycles. The molecule has 1 aliphatic rings. The van der Waals surface area contributed by atoms with Crippen LogP contribution in [0, 0.1) is 0 Å². The second kappa shape index (κ2) is 4.30. The minimum atomic E-state index is -0.751. The number of piperidine rings is 1. The maximum absolute atomic E-state index is 10.4. The number of hydrogen-bond acceptors (Lipinski definition) is 2. The van der Waals surface area contributed by atoms with Crippen molar-refractivity contribution in [3.05, 3.63) is 33.8 Å². The summed E-state index contributed by atoms with van der Waals surface area (Å²) in [5, 5.41) is 14.7. The van der Waals surface area contributed by atoms with Crippen molar-refractivity contribution >= 4 is 23.2 Å². The van der Waals surface area contributed by atoms with E-state index in [2.05, 4.69) is 5.32 Å². The van der Waals surface area contributed by atoms with Crippen molar-refractivity contribution in [3.63, 3.8) is 0 Å². The lowest BCUT2D eigenvalue weighted by molar-refractivity contribution is 0.00595. The largest absolute Gasteiger partial charge is 0.385 e. The summed E-state index contributed by atoms with van der Waals surface area (Å²) in [6.45, 7) is 1.66. The topological polar surface area (TPSA) is 32.3 Å². The lowest BCUT2D eigenvalue weighted by Crippen LogP contribution is -2.39. The molecule has 1 aromatic rings. The maximum atomic E-state index is 10.4. The van der Waals surface area contributed by atoms with Gasteiger partial charge < -0.3 is 10.4 Å². The molecule has 1 aromatic carbocycles. The zero-order valence-corrected chi connectivity index (χ0v) is 9.78. The van der Waals surface area contributed by atoms with Gasteiger partial charge in [-0.25, -0.2) is 0 Å². The molecular weight excluding hydrogens is 233 g/mol. The van der Waals surface area contributed by atoms with Crippen LogP contribution in [0.5, 0.6) is 0 Å². The van der Waals surface area contributed by atoms with Gasteiger partial charge in [-0.2, -0.15) is 0 Å². The fourth-order valence-electron chi connectivity index (χ4n) is 1.91. The van der Waals surface area contributed by atoms with Crippen LogP contribution in [0.15, 0.2) is 18.2 Å². The van der Waals surface area contributed by atoms with E-state index < -0.39 is 5.60 Å². The van der Waals surface area contributed by atoms with Gasteiger partial charge in [0.2, 0.25) is 0 Å². The van der Waals surface area contributed by atoms with Gasteiger partial charge >= 0.3 is 0 Å². The molecule has 0 radical (unpaired) electrons. The van der Waals surface area contributed by atoms with E-state index in [4.69, 9.17) is 23.2 Å². The van der Waals surface area contributed by atoms with Crippen LogP contribution < -0.4 is 5.32 Å². The summed E-state index contributed by atoms with van der Waals surface area (Å²) >= 11 is 11.8. The Morgan fingerprint density at radius 3 is 2.40 bits per heavy atom. The molecule has 2 rings (SSSR count). The Morgan fingerprint density at radius 2 is 1.80 bits per heavy atom. The van der Waals surface area contributed by atoms with Crippen LogP contribution >= 0.6 is 23.2 Å². The monoisotopic (exact) mass is 245 g/mol. The van der Waals surface area contributed by atoms with Gasteiger partial charge in [0.1, 0.15) is 0 Å². The summed E-state index contributed by atoms with van der Waals surface area (Å²) in [6, 6.07) is 5.34. The minimum absolute atomic E-state index is 0.501. The highest BCUT2D eigenvalue weighted by atomic mass is 35.5. The van der Waals surface area contributed by atoms with Gasteiger partial charge in [-0.15, -0.1) is 0 Å². The van der Waals surface area contributed by atoms with E-state index in [1.165, 1.54) is 0 Å². The summed E-state index contributed by atoms with van der Waals surface area (Å²) in [5.41, 5.74) is 0.109. The fourth-order valence-corrected chi connectivity index (χ4v) is 2.21. The lowest BCUT2D eigenvalue weighted by Gasteiger charge is -2.33. The van der Waals surface area contributed by atoms with Crippen LogP contribution in [0.2, 0.25) is 10.0 Å². The molecule has 0 aromatic heterocycles. The molecule has 0 saturated carbocycles. The summed E-state index contributed by atoms with van der Waals surface area (Å²) in [7, 11) is 0. The van der Waals surface area contributed by atoms with Gasteiger partial charge in [0, 0.05) is 0 Å². The second-order valence-corrected chi connectivity index (χ2v) is 4.72. The van der Waals surface area contributed by atoms with Gasteiger partial charge in [-0.05, 0) is 43.6 Å². The first kappa shape index (κ1) is 11.2. The molecule has 0 bridgehead atoms. The Balaban J connectivity index is 2.31. The molecule has 2 N–H and O–H groups in total. The normalized spacial score (nSPS) is 20.2. The number of benzene rings is 1. The van der Waals surface area contributed by atoms with Gasteiger partial charge in [0.05, 0.1) is 15.6 Å². The second-order valence-electron chi connectivity index (χ2n) is 3.91. The Kier molecular flexibility index (Phi) is 3.21. The summed E-state index contributed by atoms with van der Waals surface area (Å²) in [4.78, 5) is 0. The molecule has 0 unspecified atom stereocenters. The molecule has 82 valence electrons. The summed E-state index contributed by atoms with van der Waals surface area (Å²) in [6.07, 6.45) is 1.43. The third-order valence-corrected chi connectivity index (χ3v) is 3.63. The molecule has 0 atom stereocenters. The molecule has 2 nitrogen and oxygen atoms in total. The van der Waals surface area contributed by atoms with E-state index in [9.17, 15) is 5.11 Å². The highest BCUT2D eigenvalue weighted by Crippen LogP contribution is 2.33. The van der Waals surface area contributed by atoms with Gasteiger partial charge in [-0.1, -0.05) is 29.3 Å². The number of aliphatic hydroxyl groups is 1. The van der Waals surface area contributed by atoms with Gasteiger partial charge in [0.15, 0.2) is 0 Å². The van der Waals surface area contributed by atoms with Crippen LogP contribution in [0.4, 0.5) is 0 Å². The van der Waals surface area contributed by atoms with Crippen LogP contribution in [-0.2, 0) is 5.60 Å². The smallest absolute Gasteiger partial charge is 0.0921 e. The Bertz CT molecular complexity index is 362. The Morgan fingerprint density at radius 1 is 1.13 bits per heavy atom. The number of nitrogens with one attached hydrogen (secondary N) is 1. The first-order chi connectivity index (χ1) is 7.12. The highest BCUT2D eigenvalue weighted by molar-refractivity contribution is 6.42. The first-order valence-electron chi connectivity index (χ1n) is 5.00. The van der Waals surface area contributed by atoms with Crippen molar-refractivity contribution in [1.29, 1.82) is 0 Å². The predicted octanol–water partition coefficient (Wildman–Crippen LogP) is 2.56. The van der Waals surface area contributed by atoms with Crippen molar-refractivity contribution in [1.82, 2.24) is 5.32 Å². The maximum Gasteiger partial charge on any atom is 0.0921 e. The molecule has 4 heteroatoms. The van der Waals surface area contributed by atoms with Crippen molar-refractivity contribution in [2.24, 2.45) is 0 Å². The molecule has 1 aliphatic heterocycles. The highest BCUT2D eigenvalue weighted by Gasteiger charge is 2.31. The number of hydrogen-bond donors (Lipinski definition) is 2. The summed E-state index contributed by atoms with van der Waals surface area (Å²) < 4.78 is 0. The van der Waals surface area contributed by atoms with E-state index in [0.717, 1.165) is 18.7 Å². The average molecular weight is 246 g/mol. The third kappa shape index (κ3) is 2.28. The van der Waals surface area contributed by atoms with Crippen molar-refractivity contribution in [3.8, 4) is 0 Å². The van der Waals surface area contributed by atoms with Crippen LogP contribution in [0.1, 0.15) is 18.4 Å². The molecule has 0 spiro atoms. The predicted molar refractivity (Wildman–Crippen MR) is 62.5 cm³/mol. The molecule has 1 fully saturated rings. The molecule has 0 amide bonds. The summed E-state index contributed by atoms with van der Waals surface area (Å²) in [5.74, 6) is 0. The first-order valence-corrected chi connectivity index (χ1v) is 5.76. The Hall–Kier alpha value is -0.280. The van der Waals surface area contributed by atoms with E-state index in [-0.39, 0.29) is 0 Å². The fraction of sp³-hybridized carbons (Fsp3) is 0.455. The van der Waals surface area contributed by atoms with Crippen molar-refractivity contribution < 1.29 is 5.11 Å². The van der Waals surface area contributed by atoms with E-state index in [1.807, 2.05) is 6.07 Å². The Labute approximate surface area is 99.2 Å². The van der Waals surface area contributed by atoms with E-state index in [1.54, 1.807) is 12.1 Å². The van der Waals surface area contributed by atoms with E-state index in [0.29, 0.717) is 22.9 Å². The number of rotatable bonds is 1. The van der Waals surface area contributed by atoms with Crippen LogP contribution in [0.3, 0.4) is 0 Å². The van der Waals surface area contributed by atoms with Gasteiger partial charge in [-0.3, -0.25) is 0 Å². The zero-order chi connectivity index (χ0) is 10.9. The van der Waals surface area contributed by atoms with E-state index >= 15 is 0 Å². The molecular formula is C11H13Cl2NO. The number of halogens is 2. The van der Waals surface area contributed by atoms with Crippen LogP contribution in [0.25, 0.3) is 0 Å². The standard InChI is InChI=1S/C11H13Cl2NO/c12-9-2-1-8(7-10(9)13)11(15)3-5-14-6-4-11/h1-2,7,14-15H,3-6H2. The minimum Gasteiger partial charge on any atom is -0.385 e. The molecule has 1 heterocycles. The van der Waals surface area contributed by atoms with Crippen molar-refractivity contribution in [2.75, 3.05) is 13.1 Å². The van der Waals surface area contributed by atoms with Crippen molar-refractivity contribution in [2.45, 2.75) is 18.4 Å². The lowest BCUT2D eigenvalue weighted by atomic mass is 9.85. The molecule has 15 heavy (non-hydrogen) atoms. The zero-order valence-electron chi connectivity index (χ0n) is 8.26.